The maximum Gasteiger partial charge on any atom is 0.0448 e. The molecule has 0 aromatic heterocycles. The zero-order valence-electron chi connectivity index (χ0n) is 15.4. The van der Waals surface area contributed by atoms with E-state index in [1.165, 1.54) is 36.8 Å². The summed E-state index contributed by atoms with van der Waals surface area (Å²) in [5.41, 5.74) is 6.99. The van der Waals surface area contributed by atoms with Gasteiger partial charge in [0.25, 0.3) is 0 Å². The van der Waals surface area contributed by atoms with Crippen molar-refractivity contribution in [2.24, 2.45) is 0 Å². The van der Waals surface area contributed by atoms with Crippen LogP contribution in [0.3, 0.4) is 0 Å². The van der Waals surface area contributed by atoms with Gasteiger partial charge in [0, 0.05) is 18.8 Å². The summed E-state index contributed by atoms with van der Waals surface area (Å²) in [7, 11) is 3.09. The van der Waals surface area contributed by atoms with E-state index in [2.05, 4.69) is 68.7 Å². The van der Waals surface area contributed by atoms with Gasteiger partial charge in [-0.2, -0.15) is 0 Å². The van der Waals surface area contributed by atoms with Crippen LogP contribution in [0.2, 0.25) is 0 Å². The van der Waals surface area contributed by atoms with Crippen molar-refractivity contribution in [3.05, 3.63) is 22.8 Å². The standard InChI is InChI=1S/C20H32NP/c1-18(2,3)14-12-13-16-15(17(14)22)20(6,7)9-11-21(16)10-8-19(13,4)5/h12H,8-11,22H2,1-7H3. The first-order valence-electron chi connectivity index (χ1n) is 8.68. The van der Waals surface area contributed by atoms with Gasteiger partial charge in [0.2, 0.25) is 0 Å². The second-order valence-electron chi connectivity index (χ2n) is 9.61. The van der Waals surface area contributed by atoms with E-state index in [0.29, 0.717) is 0 Å². The molecule has 2 heterocycles. The molecular formula is C20H32NP. The van der Waals surface area contributed by atoms with E-state index in [9.17, 15) is 0 Å². The molecule has 0 saturated carbocycles. The number of hydrogen-bond donors (Lipinski definition) is 0. The zero-order chi connectivity index (χ0) is 16.5. The molecule has 0 radical (unpaired) electrons. The normalized spacial score (nSPS) is 22.5. The molecule has 1 nitrogen and oxygen atoms in total. The van der Waals surface area contributed by atoms with Crippen molar-refractivity contribution >= 4 is 20.2 Å². The van der Waals surface area contributed by atoms with Gasteiger partial charge in [-0.25, -0.2) is 0 Å². The second-order valence-corrected chi connectivity index (χ2v) is 10.2. The summed E-state index contributed by atoms with van der Waals surface area (Å²) in [5, 5.41) is 1.46. The molecule has 0 aliphatic carbocycles. The minimum absolute atomic E-state index is 0.189. The smallest absolute Gasteiger partial charge is 0.0448 e. The van der Waals surface area contributed by atoms with E-state index in [1.807, 2.05) is 0 Å². The molecule has 2 aliphatic heterocycles. The highest BCUT2D eigenvalue weighted by molar-refractivity contribution is 7.27. The van der Waals surface area contributed by atoms with Crippen molar-refractivity contribution in [2.75, 3.05) is 18.0 Å². The van der Waals surface area contributed by atoms with Gasteiger partial charge in [-0.05, 0) is 51.1 Å². The molecular weight excluding hydrogens is 285 g/mol. The van der Waals surface area contributed by atoms with E-state index < -0.39 is 0 Å². The first-order chi connectivity index (χ1) is 9.95. The Balaban J connectivity index is 2.40. The molecule has 122 valence electrons. The van der Waals surface area contributed by atoms with Crippen molar-refractivity contribution in [1.82, 2.24) is 0 Å². The van der Waals surface area contributed by atoms with E-state index >= 15 is 0 Å². The fourth-order valence-electron chi connectivity index (χ4n) is 4.26. The van der Waals surface area contributed by atoms with Gasteiger partial charge in [0.1, 0.15) is 0 Å². The molecule has 2 aliphatic rings. The van der Waals surface area contributed by atoms with Gasteiger partial charge in [-0.1, -0.05) is 54.5 Å². The van der Waals surface area contributed by atoms with Gasteiger partial charge in [-0.3, -0.25) is 0 Å². The Labute approximate surface area is 139 Å². The van der Waals surface area contributed by atoms with Gasteiger partial charge < -0.3 is 4.90 Å². The minimum Gasteiger partial charge on any atom is -0.371 e. The molecule has 0 spiro atoms. The molecule has 0 bridgehead atoms. The monoisotopic (exact) mass is 317 g/mol. The Kier molecular flexibility index (Phi) is 3.51. The van der Waals surface area contributed by atoms with Gasteiger partial charge in [0.05, 0.1) is 0 Å². The van der Waals surface area contributed by atoms with Crippen LogP contribution in [0.25, 0.3) is 0 Å². The Bertz CT molecular complexity index is 618. The number of rotatable bonds is 0. The maximum absolute atomic E-state index is 3.09. The molecule has 0 saturated heterocycles. The Hall–Kier alpha value is -0.550. The van der Waals surface area contributed by atoms with E-state index in [-0.39, 0.29) is 16.2 Å². The summed E-state index contributed by atoms with van der Waals surface area (Å²) in [6.45, 7) is 19.2. The minimum atomic E-state index is 0.189. The van der Waals surface area contributed by atoms with Gasteiger partial charge >= 0.3 is 0 Å². The first-order valence-corrected chi connectivity index (χ1v) is 9.26. The Morgan fingerprint density at radius 1 is 1.00 bits per heavy atom. The van der Waals surface area contributed by atoms with Crippen LogP contribution in [0.5, 0.6) is 0 Å². The third-order valence-electron chi connectivity index (χ3n) is 5.88. The molecule has 1 aromatic rings. The van der Waals surface area contributed by atoms with Crippen LogP contribution < -0.4 is 10.2 Å². The average Bonchev–Trinajstić information content (AvgIpc) is 2.34. The topological polar surface area (TPSA) is 3.24 Å². The quantitative estimate of drug-likeness (QED) is 0.629. The Morgan fingerprint density at radius 3 is 2.09 bits per heavy atom. The van der Waals surface area contributed by atoms with Crippen molar-refractivity contribution in [1.29, 1.82) is 0 Å². The summed E-state index contributed by atoms with van der Waals surface area (Å²) < 4.78 is 0. The summed E-state index contributed by atoms with van der Waals surface area (Å²) in [6.07, 6.45) is 2.52. The molecule has 3 rings (SSSR count). The summed E-state index contributed by atoms with van der Waals surface area (Å²) in [5.74, 6) is 0. The molecule has 22 heavy (non-hydrogen) atoms. The zero-order valence-corrected chi connectivity index (χ0v) is 16.6. The molecule has 1 atom stereocenters. The summed E-state index contributed by atoms with van der Waals surface area (Å²) in [6, 6.07) is 2.52. The maximum atomic E-state index is 3.09. The predicted octanol–water partition coefficient (Wildman–Crippen LogP) is 4.65. The van der Waals surface area contributed by atoms with Gasteiger partial charge in [-0.15, -0.1) is 9.24 Å². The van der Waals surface area contributed by atoms with E-state index in [1.54, 1.807) is 16.8 Å². The third kappa shape index (κ3) is 2.32. The lowest BCUT2D eigenvalue weighted by Gasteiger charge is -2.49. The van der Waals surface area contributed by atoms with Crippen molar-refractivity contribution in [3.63, 3.8) is 0 Å². The lowest BCUT2D eigenvalue weighted by atomic mass is 9.67. The fraction of sp³-hybridized carbons (Fsp3) is 0.700. The number of benzene rings is 1. The Morgan fingerprint density at radius 2 is 1.55 bits per heavy atom. The fourth-order valence-corrected chi connectivity index (χ4v) is 5.31. The van der Waals surface area contributed by atoms with Crippen LogP contribution >= 0.6 is 9.24 Å². The third-order valence-corrected chi connectivity index (χ3v) is 6.48. The molecule has 2 heteroatoms. The van der Waals surface area contributed by atoms with Crippen LogP contribution in [0.1, 0.15) is 78.0 Å². The highest BCUT2D eigenvalue weighted by Gasteiger charge is 2.42. The van der Waals surface area contributed by atoms with Crippen LogP contribution in [-0.2, 0) is 16.2 Å². The second kappa shape index (κ2) is 4.73. The van der Waals surface area contributed by atoms with Crippen molar-refractivity contribution < 1.29 is 0 Å². The lowest BCUT2D eigenvalue weighted by molar-refractivity contribution is 0.401. The lowest BCUT2D eigenvalue weighted by Crippen LogP contribution is -2.47. The first kappa shape index (κ1) is 16.3. The van der Waals surface area contributed by atoms with E-state index in [4.69, 9.17) is 0 Å². The van der Waals surface area contributed by atoms with Crippen LogP contribution in [0, 0.1) is 0 Å². The van der Waals surface area contributed by atoms with Gasteiger partial charge in [0.15, 0.2) is 0 Å². The SMILES string of the molecule is CC(C)(C)c1cc2c3c(c1P)C(C)(C)CCN3CCC2(C)C. The van der Waals surface area contributed by atoms with Crippen LogP contribution in [0.4, 0.5) is 5.69 Å². The molecule has 1 unspecified atom stereocenters. The van der Waals surface area contributed by atoms with Crippen molar-refractivity contribution in [2.45, 2.75) is 77.6 Å². The van der Waals surface area contributed by atoms with Crippen LogP contribution in [0.15, 0.2) is 6.07 Å². The van der Waals surface area contributed by atoms with E-state index in [0.717, 1.165) is 0 Å². The number of nitrogens with zero attached hydrogens (tertiary/aromatic N) is 1. The van der Waals surface area contributed by atoms with Crippen molar-refractivity contribution in [3.8, 4) is 0 Å². The molecule has 1 aromatic carbocycles. The van der Waals surface area contributed by atoms with Crippen LogP contribution in [-0.4, -0.2) is 13.1 Å². The predicted molar refractivity (Wildman–Crippen MR) is 102 cm³/mol. The molecule has 0 fully saturated rings. The summed E-state index contributed by atoms with van der Waals surface area (Å²) in [4.78, 5) is 2.65. The molecule has 0 N–H and O–H groups in total. The largest absolute Gasteiger partial charge is 0.371 e. The molecule has 0 amide bonds. The summed E-state index contributed by atoms with van der Waals surface area (Å²) >= 11 is 0. The number of anilines is 1. The highest BCUT2D eigenvalue weighted by atomic mass is 31.0. The highest BCUT2D eigenvalue weighted by Crippen LogP contribution is 2.50. The average molecular weight is 317 g/mol. The number of hydrogen-bond acceptors (Lipinski definition) is 1.